The Hall–Kier alpha value is -1.71. The zero-order valence-electron chi connectivity index (χ0n) is 16.9. The third-order valence-electron chi connectivity index (χ3n) is 6.30. The standard InChI is InChI=1S/C20H30N4O4S/c1-2-11-29(26,27)24-13-16-3-4-17(14-24)19(16)22-20(25)15-5-6-18(21-12-15)23-7-9-28-10-8-23/h5-6,12,16-17,19H,2-4,7-11,13-14H2,1H3,(H,22,25)/t16-,17+,19?. The molecule has 3 aliphatic rings. The fourth-order valence-electron chi connectivity index (χ4n) is 4.76. The number of aromatic nitrogens is 1. The lowest BCUT2D eigenvalue weighted by Gasteiger charge is -2.37. The number of sulfonamides is 1. The Balaban J connectivity index is 1.38. The average Bonchev–Trinajstić information content (AvgIpc) is 2.95. The largest absolute Gasteiger partial charge is 0.378 e. The topological polar surface area (TPSA) is 91.8 Å². The molecule has 8 nitrogen and oxygen atoms in total. The fraction of sp³-hybridized carbons (Fsp3) is 0.700. The van der Waals surface area contributed by atoms with Gasteiger partial charge < -0.3 is 15.0 Å². The van der Waals surface area contributed by atoms with Crippen molar-refractivity contribution in [2.24, 2.45) is 11.8 Å². The van der Waals surface area contributed by atoms with Crippen LogP contribution in [-0.2, 0) is 14.8 Å². The maximum absolute atomic E-state index is 12.8. The van der Waals surface area contributed by atoms with Gasteiger partial charge in [-0.2, -0.15) is 0 Å². The van der Waals surface area contributed by atoms with E-state index in [0.717, 1.165) is 31.7 Å². The van der Waals surface area contributed by atoms with E-state index in [1.165, 1.54) is 0 Å². The molecule has 2 aliphatic heterocycles. The normalized spacial score (nSPS) is 27.8. The number of nitrogens with one attached hydrogen (secondary N) is 1. The van der Waals surface area contributed by atoms with Crippen LogP contribution in [0.5, 0.6) is 0 Å². The van der Waals surface area contributed by atoms with Gasteiger partial charge in [0.05, 0.1) is 24.5 Å². The molecule has 0 aromatic carbocycles. The first-order valence-corrected chi connectivity index (χ1v) is 12.2. The fourth-order valence-corrected chi connectivity index (χ4v) is 6.38. The van der Waals surface area contributed by atoms with Crippen molar-refractivity contribution in [1.82, 2.24) is 14.6 Å². The van der Waals surface area contributed by atoms with Gasteiger partial charge in [0.2, 0.25) is 10.0 Å². The van der Waals surface area contributed by atoms with Crippen molar-refractivity contribution in [2.75, 3.05) is 50.0 Å². The molecule has 1 unspecified atom stereocenters. The highest BCUT2D eigenvalue weighted by Gasteiger charge is 2.45. The second-order valence-electron chi connectivity index (χ2n) is 8.23. The summed E-state index contributed by atoms with van der Waals surface area (Å²) in [7, 11) is -3.18. The number of pyridine rings is 1. The number of fused-ring (bicyclic) bond motifs is 2. The molecule has 1 saturated carbocycles. The SMILES string of the molecule is CCCS(=O)(=O)N1C[C@H]2CC[C@@H](C1)C2NC(=O)c1ccc(N2CCOCC2)nc1. The van der Waals surface area contributed by atoms with Gasteiger partial charge in [0.25, 0.3) is 5.91 Å². The highest BCUT2D eigenvalue weighted by atomic mass is 32.2. The van der Waals surface area contributed by atoms with E-state index in [1.807, 2.05) is 19.1 Å². The molecular weight excluding hydrogens is 392 g/mol. The van der Waals surface area contributed by atoms with Gasteiger partial charge in [-0.3, -0.25) is 4.79 Å². The minimum Gasteiger partial charge on any atom is -0.378 e. The molecule has 1 aromatic rings. The number of hydrogen-bond donors (Lipinski definition) is 1. The first kappa shape index (κ1) is 20.6. The van der Waals surface area contributed by atoms with Crippen LogP contribution in [0.1, 0.15) is 36.5 Å². The van der Waals surface area contributed by atoms with Crippen molar-refractivity contribution < 1.29 is 17.9 Å². The molecule has 1 aliphatic carbocycles. The third kappa shape index (κ3) is 4.41. The van der Waals surface area contributed by atoms with Gasteiger partial charge in [-0.05, 0) is 43.2 Å². The molecule has 3 atom stereocenters. The van der Waals surface area contributed by atoms with Crippen molar-refractivity contribution in [2.45, 2.75) is 32.2 Å². The van der Waals surface area contributed by atoms with Crippen LogP contribution in [0.15, 0.2) is 18.3 Å². The number of piperidine rings is 1. The Morgan fingerprint density at radius 1 is 1.21 bits per heavy atom. The third-order valence-corrected chi connectivity index (χ3v) is 8.31. The summed E-state index contributed by atoms with van der Waals surface area (Å²) >= 11 is 0. The van der Waals surface area contributed by atoms with Crippen LogP contribution in [0.3, 0.4) is 0 Å². The lowest BCUT2D eigenvalue weighted by molar-refractivity contribution is 0.0887. The molecule has 1 amide bonds. The summed E-state index contributed by atoms with van der Waals surface area (Å²) in [6.07, 6.45) is 4.18. The minimum absolute atomic E-state index is 0.0366. The molecule has 4 rings (SSSR count). The zero-order valence-corrected chi connectivity index (χ0v) is 17.7. The Morgan fingerprint density at radius 2 is 1.90 bits per heavy atom. The summed E-state index contributed by atoms with van der Waals surface area (Å²) in [5.74, 6) is 1.30. The van der Waals surface area contributed by atoms with Gasteiger partial charge in [0.15, 0.2) is 0 Å². The number of carbonyl (C=O) groups is 1. The van der Waals surface area contributed by atoms with Gasteiger partial charge in [0, 0.05) is 38.4 Å². The van der Waals surface area contributed by atoms with Crippen molar-refractivity contribution >= 4 is 21.7 Å². The molecule has 1 aromatic heterocycles. The second-order valence-corrected chi connectivity index (χ2v) is 10.3. The summed E-state index contributed by atoms with van der Waals surface area (Å²) in [5.41, 5.74) is 0.544. The van der Waals surface area contributed by atoms with Gasteiger partial charge in [-0.15, -0.1) is 0 Å². The number of anilines is 1. The molecule has 1 N–H and O–H groups in total. The Labute approximate surface area is 172 Å². The Kier molecular flexibility index (Phi) is 6.08. The molecule has 3 fully saturated rings. The maximum atomic E-state index is 12.8. The van der Waals surface area contributed by atoms with Gasteiger partial charge >= 0.3 is 0 Å². The van der Waals surface area contributed by atoms with E-state index in [9.17, 15) is 13.2 Å². The summed E-state index contributed by atoms with van der Waals surface area (Å²) in [6.45, 7) is 5.91. The molecular formula is C20H30N4O4S. The number of rotatable bonds is 6. The van der Waals surface area contributed by atoms with Crippen LogP contribution in [0, 0.1) is 11.8 Å². The van der Waals surface area contributed by atoms with Crippen molar-refractivity contribution in [3.63, 3.8) is 0 Å². The van der Waals surface area contributed by atoms with Gasteiger partial charge in [0.1, 0.15) is 5.82 Å². The summed E-state index contributed by atoms with van der Waals surface area (Å²) < 4.78 is 31.9. The van der Waals surface area contributed by atoms with E-state index in [0.29, 0.717) is 38.3 Å². The smallest absolute Gasteiger partial charge is 0.253 e. The number of hydrogen-bond acceptors (Lipinski definition) is 6. The van der Waals surface area contributed by atoms with E-state index < -0.39 is 10.0 Å². The number of morpholine rings is 1. The predicted octanol–water partition coefficient (Wildman–Crippen LogP) is 1.10. The highest BCUT2D eigenvalue weighted by molar-refractivity contribution is 7.89. The van der Waals surface area contributed by atoms with E-state index >= 15 is 0 Å². The molecule has 160 valence electrons. The van der Waals surface area contributed by atoms with Crippen molar-refractivity contribution in [1.29, 1.82) is 0 Å². The molecule has 0 radical (unpaired) electrons. The van der Waals surface area contributed by atoms with Crippen molar-refractivity contribution in [3.8, 4) is 0 Å². The highest BCUT2D eigenvalue weighted by Crippen LogP contribution is 2.38. The first-order chi connectivity index (χ1) is 14.0. The molecule has 0 spiro atoms. The summed E-state index contributed by atoms with van der Waals surface area (Å²) in [4.78, 5) is 19.4. The Morgan fingerprint density at radius 3 is 2.48 bits per heavy atom. The number of nitrogens with zero attached hydrogens (tertiary/aromatic N) is 3. The summed E-state index contributed by atoms with van der Waals surface area (Å²) in [5, 5.41) is 3.17. The van der Waals surface area contributed by atoms with Crippen LogP contribution in [0.25, 0.3) is 0 Å². The molecule has 2 bridgehead atoms. The van der Waals surface area contributed by atoms with Crippen LogP contribution in [0.4, 0.5) is 5.82 Å². The van der Waals surface area contributed by atoms with Crippen LogP contribution in [0.2, 0.25) is 0 Å². The van der Waals surface area contributed by atoms with Gasteiger partial charge in [-0.1, -0.05) is 6.92 Å². The number of carbonyl (C=O) groups excluding carboxylic acids is 1. The van der Waals surface area contributed by atoms with Gasteiger partial charge in [-0.25, -0.2) is 17.7 Å². The Bertz CT molecular complexity index is 809. The quantitative estimate of drug-likeness (QED) is 0.738. The van der Waals surface area contributed by atoms with Crippen LogP contribution < -0.4 is 10.2 Å². The van der Waals surface area contributed by atoms with E-state index in [-0.39, 0.29) is 29.5 Å². The maximum Gasteiger partial charge on any atom is 0.253 e. The lowest BCUT2D eigenvalue weighted by Crippen LogP contribution is -2.54. The molecule has 29 heavy (non-hydrogen) atoms. The molecule has 9 heteroatoms. The molecule has 3 heterocycles. The van der Waals surface area contributed by atoms with Crippen molar-refractivity contribution in [3.05, 3.63) is 23.9 Å². The minimum atomic E-state index is -3.18. The monoisotopic (exact) mass is 422 g/mol. The second kappa shape index (κ2) is 8.57. The lowest BCUT2D eigenvalue weighted by atomic mass is 9.93. The average molecular weight is 423 g/mol. The zero-order chi connectivity index (χ0) is 20.4. The predicted molar refractivity (Wildman–Crippen MR) is 110 cm³/mol. The molecule has 2 saturated heterocycles. The van der Waals surface area contributed by atoms with Crippen LogP contribution in [-0.4, -0.2) is 74.8 Å². The van der Waals surface area contributed by atoms with E-state index in [4.69, 9.17) is 4.74 Å². The van der Waals surface area contributed by atoms with E-state index in [1.54, 1.807) is 10.5 Å². The number of ether oxygens (including phenoxy) is 1. The number of amides is 1. The van der Waals surface area contributed by atoms with E-state index in [2.05, 4.69) is 15.2 Å². The first-order valence-electron chi connectivity index (χ1n) is 10.6. The van der Waals surface area contributed by atoms with Crippen LogP contribution >= 0.6 is 0 Å². The summed E-state index contributed by atoms with van der Waals surface area (Å²) in [6, 6.07) is 3.74.